The van der Waals surface area contributed by atoms with Gasteiger partial charge in [-0.05, 0) is 36.4 Å². The van der Waals surface area contributed by atoms with E-state index in [1.54, 1.807) is 12.0 Å². The smallest absolute Gasteiger partial charge is 0.416 e. The minimum absolute atomic E-state index is 0.110. The molecule has 0 aromatic heterocycles. The number of halogens is 3. The maximum Gasteiger partial charge on any atom is 0.416 e. The summed E-state index contributed by atoms with van der Waals surface area (Å²) in [6.07, 6.45) is -1.32. The summed E-state index contributed by atoms with van der Waals surface area (Å²) in [5.74, 6) is 0.738. The molecule has 31 heavy (non-hydrogen) atoms. The van der Waals surface area contributed by atoms with Crippen molar-refractivity contribution in [1.82, 2.24) is 10.4 Å². The SMILES string of the molecule is COc1cccc(C2=CC3(CCN(C(=O)Nc4cccc(C(F)(F)F)c4)CC3)ON2)c1. The molecular weight excluding hydrogens is 411 g/mol. The molecule has 2 aromatic rings. The van der Waals surface area contributed by atoms with E-state index in [0.29, 0.717) is 25.9 Å². The van der Waals surface area contributed by atoms with Gasteiger partial charge in [-0.2, -0.15) is 13.2 Å². The highest BCUT2D eigenvalue weighted by atomic mass is 19.4. The molecule has 0 saturated carbocycles. The summed E-state index contributed by atoms with van der Waals surface area (Å²) in [4.78, 5) is 20.0. The fourth-order valence-corrected chi connectivity index (χ4v) is 3.72. The van der Waals surface area contributed by atoms with E-state index in [0.717, 1.165) is 29.1 Å². The predicted octanol–water partition coefficient (Wildman–Crippen LogP) is 4.66. The second-order valence-corrected chi connectivity index (χ2v) is 7.55. The zero-order valence-corrected chi connectivity index (χ0v) is 16.8. The van der Waals surface area contributed by atoms with Crippen molar-refractivity contribution in [3.8, 4) is 5.75 Å². The summed E-state index contributed by atoms with van der Waals surface area (Å²) in [6.45, 7) is 0.822. The van der Waals surface area contributed by atoms with Crippen LogP contribution in [-0.4, -0.2) is 36.7 Å². The molecule has 1 fully saturated rings. The van der Waals surface area contributed by atoms with Crippen LogP contribution in [0.15, 0.2) is 54.6 Å². The van der Waals surface area contributed by atoms with E-state index in [1.165, 1.54) is 12.1 Å². The highest BCUT2D eigenvalue weighted by molar-refractivity contribution is 5.89. The van der Waals surface area contributed by atoms with Crippen LogP contribution in [0.5, 0.6) is 5.75 Å². The Kier molecular flexibility index (Phi) is 5.53. The van der Waals surface area contributed by atoms with Crippen molar-refractivity contribution in [3.05, 3.63) is 65.7 Å². The van der Waals surface area contributed by atoms with E-state index in [2.05, 4.69) is 10.8 Å². The van der Waals surface area contributed by atoms with Gasteiger partial charge in [-0.15, -0.1) is 0 Å². The summed E-state index contributed by atoms with van der Waals surface area (Å²) in [7, 11) is 1.60. The number of carbonyl (C=O) groups is 1. The zero-order chi connectivity index (χ0) is 22.1. The summed E-state index contributed by atoms with van der Waals surface area (Å²) in [5, 5.41) is 2.55. The van der Waals surface area contributed by atoms with Crippen molar-refractivity contribution >= 4 is 17.4 Å². The molecule has 0 bridgehead atoms. The van der Waals surface area contributed by atoms with Gasteiger partial charge in [-0.25, -0.2) is 4.79 Å². The molecule has 2 N–H and O–H groups in total. The van der Waals surface area contributed by atoms with Crippen LogP contribution in [0, 0.1) is 0 Å². The summed E-state index contributed by atoms with van der Waals surface area (Å²) < 4.78 is 43.9. The van der Waals surface area contributed by atoms with E-state index >= 15 is 0 Å². The highest BCUT2D eigenvalue weighted by Crippen LogP contribution is 2.35. The van der Waals surface area contributed by atoms with Gasteiger partial charge < -0.3 is 15.0 Å². The summed E-state index contributed by atoms with van der Waals surface area (Å²) in [5.41, 5.74) is 3.51. The van der Waals surface area contributed by atoms with E-state index in [1.807, 2.05) is 30.3 Å². The Morgan fingerprint density at radius 2 is 1.90 bits per heavy atom. The first-order valence-corrected chi connectivity index (χ1v) is 9.82. The van der Waals surface area contributed by atoms with Gasteiger partial charge in [0.2, 0.25) is 0 Å². The van der Waals surface area contributed by atoms with Gasteiger partial charge >= 0.3 is 12.2 Å². The molecule has 4 rings (SSSR count). The lowest BCUT2D eigenvalue weighted by Crippen LogP contribution is -2.48. The molecule has 2 aromatic carbocycles. The number of nitrogens with zero attached hydrogens (tertiary/aromatic N) is 1. The maximum absolute atomic E-state index is 12.9. The number of likely N-dealkylation sites (tertiary alicyclic amines) is 1. The van der Waals surface area contributed by atoms with Gasteiger partial charge in [0.1, 0.15) is 11.4 Å². The van der Waals surface area contributed by atoms with Crippen LogP contribution in [0.3, 0.4) is 0 Å². The van der Waals surface area contributed by atoms with E-state index in [9.17, 15) is 18.0 Å². The lowest BCUT2D eigenvalue weighted by molar-refractivity contribution is -0.137. The largest absolute Gasteiger partial charge is 0.497 e. The Balaban J connectivity index is 1.38. The number of rotatable bonds is 3. The number of methoxy groups -OCH3 is 1. The first-order valence-electron chi connectivity index (χ1n) is 9.82. The number of hydroxylamine groups is 1. The van der Waals surface area contributed by atoms with Gasteiger partial charge in [0, 0.05) is 37.2 Å². The van der Waals surface area contributed by atoms with Crippen molar-refractivity contribution in [1.29, 1.82) is 0 Å². The molecule has 6 nitrogen and oxygen atoms in total. The number of hydrogen-bond acceptors (Lipinski definition) is 4. The number of amides is 2. The van der Waals surface area contributed by atoms with Crippen LogP contribution in [0.2, 0.25) is 0 Å². The van der Waals surface area contributed by atoms with Crippen LogP contribution in [-0.2, 0) is 11.0 Å². The average molecular weight is 433 g/mol. The number of carbonyl (C=O) groups excluding carboxylic acids is 1. The molecule has 2 amide bonds. The summed E-state index contributed by atoms with van der Waals surface area (Å²) in [6, 6.07) is 11.8. The number of urea groups is 1. The first kappa shape index (κ1) is 21.0. The van der Waals surface area contributed by atoms with Crippen molar-refractivity contribution in [2.24, 2.45) is 0 Å². The molecule has 2 aliphatic rings. The molecule has 1 saturated heterocycles. The van der Waals surface area contributed by atoms with Gasteiger partial charge in [-0.1, -0.05) is 18.2 Å². The van der Waals surface area contributed by atoms with E-state index < -0.39 is 23.4 Å². The lowest BCUT2D eigenvalue weighted by Gasteiger charge is -2.36. The molecule has 0 atom stereocenters. The second-order valence-electron chi connectivity index (χ2n) is 7.55. The van der Waals surface area contributed by atoms with Crippen LogP contribution in [0.1, 0.15) is 24.0 Å². The molecule has 9 heteroatoms. The second kappa shape index (κ2) is 8.14. The highest BCUT2D eigenvalue weighted by Gasteiger charge is 2.40. The van der Waals surface area contributed by atoms with Crippen LogP contribution < -0.4 is 15.5 Å². The summed E-state index contributed by atoms with van der Waals surface area (Å²) >= 11 is 0. The number of alkyl halides is 3. The number of benzene rings is 2. The van der Waals surface area contributed by atoms with Crippen LogP contribution in [0.25, 0.3) is 5.70 Å². The number of anilines is 1. The molecular formula is C22H22F3N3O3. The fourth-order valence-electron chi connectivity index (χ4n) is 3.72. The Labute approximate surface area is 177 Å². The molecule has 1 spiro atoms. The Hall–Kier alpha value is -3.20. The molecule has 0 radical (unpaired) electrons. The number of hydrogen-bond donors (Lipinski definition) is 2. The number of nitrogens with one attached hydrogen (secondary N) is 2. The quantitative estimate of drug-likeness (QED) is 0.739. The zero-order valence-electron chi connectivity index (χ0n) is 16.8. The fraction of sp³-hybridized carbons (Fsp3) is 0.318. The van der Waals surface area contributed by atoms with Crippen LogP contribution >= 0.6 is 0 Å². The van der Waals surface area contributed by atoms with Crippen molar-refractivity contribution < 1.29 is 27.5 Å². The molecule has 164 valence electrons. The van der Waals surface area contributed by atoms with Gasteiger partial charge in [-0.3, -0.25) is 10.3 Å². The maximum atomic E-state index is 12.9. The minimum Gasteiger partial charge on any atom is -0.497 e. The normalized spacial score (nSPS) is 17.8. The Morgan fingerprint density at radius 1 is 1.16 bits per heavy atom. The minimum atomic E-state index is -4.46. The van der Waals surface area contributed by atoms with Gasteiger partial charge in [0.25, 0.3) is 0 Å². The predicted molar refractivity (Wildman–Crippen MR) is 109 cm³/mol. The number of ether oxygens (including phenoxy) is 1. The lowest BCUT2D eigenvalue weighted by atomic mass is 9.90. The third-order valence-corrected chi connectivity index (χ3v) is 5.49. The average Bonchev–Trinajstić information content (AvgIpc) is 3.17. The third-order valence-electron chi connectivity index (χ3n) is 5.49. The first-order chi connectivity index (χ1) is 14.8. The van der Waals surface area contributed by atoms with Crippen molar-refractivity contribution in [2.45, 2.75) is 24.6 Å². The topological polar surface area (TPSA) is 62.8 Å². The number of piperidine rings is 1. The van der Waals surface area contributed by atoms with Crippen molar-refractivity contribution in [3.63, 3.8) is 0 Å². The monoisotopic (exact) mass is 433 g/mol. The Bertz CT molecular complexity index is 999. The van der Waals surface area contributed by atoms with Gasteiger partial charge in [0.15, 0.2) is 0 Å². The molecule has 0 unspecified atom stereocenters. The Morgan fingerprint density at radius 3 is 2.61 bits per heavy atom. The molecule has 2 heterocycles. The standard InChI is InChI=1S/C22H22F3N3O3/c1-30-18-7-2-4-15(12-18)19-14-21(31-27-19)8-10-28(11-9-21)20(29)26-17-6-3-5-16(13-17)22(23,24)25/h2-7,12-14,27H,8-11H2,1H3,(H,26,29). The molecule has 0 aliphatic carbocycles. The van der Waals surface area contributed by atoms with Crippen molar-refractivity contribution in [2.75, 3.05) is 25.5 Å². The van der Waals surface area contributed by atoms with E-state index in [4.69, 9.17) is 9.57 Å². The van der Waals surface area contributed by atoms with Gasteiger partial charge in [0.05, 0.1) is 18.4 Å². The van der Waals surface area contributed by atoms with E-state index in [-0.39, 0.29) is 5.69 Å². The third kappa shape index (κ3) is 4.61. The van der Waals surface area contributed by atoms with Crippen LogP contribution in [0.4, 0.5) is 23.7 Å². The molecule has 2 aliphatic heterocycles.